The zero-order valence-electron chi connectivity index (χ0n) is 12.2. The summed E-state index contributed by atoms with van der Waals surface area (Å²) in [5.41, 5.74) is 1.50. The van der Waals surface area contributed by atoms with E-state index in [2.05, 4.69) is 38.0 Å². The minimum atomic E-state index is -0.930. The molecule has 0 aromatic carbocycles. The lowest BCUT2D eigenvalue weighted by Crippen LogP contribution is -2.11. The molecule has 1 fully saturated rings. The third-order valence-electron chi connectivity index (χ3n) is 5.12. The van der Waals surface area contributed by atoms with Gasteiger partial charge in [0.25, 0.3) is 0 Å². The van der Waals surface area contributed by atoms with Crippen LogP contribution in [0.1, 0.15) is 43.7 Å². The van der Waals surface area contributed by atoms with Gasteiger partial charge < -0.3 is 10.4 Å². The molecule has 0 spiro atoms. The molecule has 0 unspecified atom stereocenters. The standard InChI is InChI=1S/C15H22N2O2/c1-9-10(13(18)19)6-7-12(17-9)16-8-11-14(2,3)15(11,4)5/h6-7,11H,8H2,1-5H3,(H,16,17)(H,18,19). The number of hydrogen-bond acceptors (Lipinski definition) is 3. The maximum atomic E-state index is 10.9. The highest BCUT2D eigenvalue weighted by Gasteiger charge is 2.64. The zero-order chi connectivity index (χ0) is 14.4. The number of anilines is 1. The number of nitrogens with zero attached hydrogens (tertiary/aromatic N) is 1. The Morgan fingerprint density at radius 1 is 1.32 bits per heavy atom. The van der Waals surface area contributed by atoms with Crippen LogP contribution in [0.25, 0.3) is 0 Å². The predicted molar refractivity (Wildman–Crippen MR) is 75.5 cm³/mol. The summed E-state index contributed by atoms with van der Waals surface area (Å²) in [5, 5.41) is 12.3. The highest BCUT2D eigenvalue weighted by Crippen LogP contribution is 2.68. The number of carbonyl (C=O) groups is 1. The maximum Gasteiger partial charge on any atom is 0.337 e. The van der Waals surface area contributed by atoms with Gasteiger partial charge in [-0.3, -0.25) is 0 Å². The van der Waals surface area contributed by atoms with E-state index in [9.17, 15) is 4.79 Å². The van der Waals surface area contributed by atoms with E-state index in [1.54, 1.807) is 19.1 Å². The molecule has 2 rings (SSSR count). The van der Waals surface area contributed by atoms with Gasteiger partial charge >= 0.3 is 5.97 Å². The summed E-state index contributed by atoms with van der Waals surface area (Å²) in [6.07, 6.45) is 0. The summed E-state index contributed by atoms with van der Waals surface area (Å²) < 4.78 is 0. The number of carboxylic acids is 1. The lowest BCUT2D eigenvalue weighted by Gasteiger charge is -2.08. The van der Waals surface area contributed by atoms with Crippen LogP contribution in [0.2, 0.25) is 0 Å². The van der Waals surface area contributed by atoms with Gasteiger partial charge in [0.15, 0.2) is 0 Å². The Balaban J connectivity index is 2.02. The summed E-state index contributed by atoms with van der Waals surface area (Å²) in [6, 6.07) is 3.34. The quantitative estimate of drug-likeness (QED) is 0.874. The second-order valence-corrected chi connectivity index (χ2v) is 6.51. The smallest absolute Gasteiger partial charge is 0.337 e. The molecule has 4 heteroatoms. The van der Waals surface area contributed by atoms with Crippen LogP contribution in [0, 0.1) is 23.7 Å². The van der Waals surface area contributed by atoms with Crippen molar-refractivity contribution in [2.45, 2.75) is 34.6 Å². The fourth-order valence-corrected chi connectivity index (χ4v) is 2.94. The van der Waals surface area contributed by atoms with E-state index < -0.39 is 5.97 Å². The Morgan fingerprint density at radius 2 is 1.89 bits per heavy atom. The summed E-state index contributed by atoms with van der Waals surface area (Å²) in [4.78, 5) is 15.2. The van der Waals surface area contributed by atoms with Gasteiger partial charge in [-0.1, -0.05) is 27.7 Å². The van der Waals surface area contributed by atoms with Crippen LogP contribution in [0.4, 0.5) is 5.82 Å². The van der Waals surface area contributed by atoms with Crippen molar-refractivity contribution in [3.63, 3.8) is 0 Å². The Kier molecular flexibility index (Phi) is 3.07. The molecule has 0 amide bonds. The number of aromatic nitrogens is 1. The Morgan fingerprint density at radius 3 is 2.32 bits per heavy atom. The Bertz CT molecular complexity index is 507. The first-order valence-corrected chi connectivity index (χ1v) is 6.62. The van der Waals surface area contributed by atoms with Gasteiger partial charge in [-0.2, -0.15) is 0 Å². The summed E-state index contributed by atoms with van der Waals surface area (Å²) in [6.45, 7) is 11.7. The molecular weight excluding hydrogens is 240 g/mol. The molecule has 1 heterocycles. The number of aromatic carboxylic acids is 1. The largest absolute Gasteiger partial charge is 0.478 e. The van der Waals surface area contributed by atoms with E-state index in [-0.39, 0.29) is 5.56 Å². The van der Waals surface area contributed by atoms with E-state index in [0.29, 0.717) is 22.4 Å². The van der Waals surface area contributed by atoms with Crippen molar-refractivity contribution in [3.8, 4) is 0 Å². The maximum absolute atomic E-state index is 10.9. The Labute approximate surface area is 114 Å². The molecule has 1 aromatic rings. The normalized spacial score (nSPS) is 20.1. The van der Waals surface area contributed by atoms with E-state index in [0.717, 1.165) is 12.4 Å². The molecular formula is C15H22N2O2. The van der Waals surface area contributed by atoms with Crippen molar-refractivity contribution in [3.05, 3.63) is 23.4 Å². The van der Waals surface area contributed by atoms with Gasteiger partial charge in [-0.05, 0) is 35.8 Å². The average Bonchev–Trinajstić information content (AvgIpc) is 2.66. The molecule has 19 heavy (non-hydrogen) atoms. The van der Waals surface area contributed by atoms with Gasteiger partial charge in [-0.25, -0.2) is 9.78 Å². The third kappa shape index (κ3) is 2.20. The fraction of sp³-hybridized carbons (Fsp3) is 0.600. The van der Waals surface area contributed by atoms with Crippen LogP contribution in [0.5, 0.6) is 0 Å². The molecule has 4 nitrogen and oxygen atoms in total. The summed E-state index contributed by atoms with van der Waals surface area (Å²) in [7, 11) is 0. The molecule has 1 aliphatic rings. The van der Waals surface area contributed by atoms with Crippen LogP contribution in [0.15, 0.2) is 12.1 Å². The van der Waals surface area contributed by atoms with Crippen molar-refractivity contribution in [1.29, 1.82) is 0 Å². The zero-order valence-corrected chi connectivity index (χ0v) is 12.2. The van der Waals surface area contributed by atoms with Crippen LogP contribution in [0.3, 0.4) is 0 Å². The van der Waals surface area contributed by atoms with Crippen molar-refractivity contribution in [2.75, 3.05) is 11.9 Å². The van der Waals surface area contributed by atoms with Crippen molar-refractivity contribution in [1.82, 2.24) is 4.98 Å². The first-order valence-electron chi connectivity index (χ1n) is 6.62. The van der Waals surface area contributed by atoms with Crippen LogP contribution >= 0.6 is 0 Å². The molecule has 1 saturated carbocycles. The van der Waals surface area contributed by atoms with E-state index in [1.807, 2.05) is 0 Å². The first kappa shape index (κ1) is 13.8. The van der Waals surface area contributed by atoms with Gasteiger partial charge in [-0.15, -0.1) is 0 Å². The van der Waals surface area contributed by atoms with Crippen LogP contribution < -0.4 is 5.32 Å². The van der Waals surface area contributed by atoms with E-state index in [4.69, 9.17) is 5.11 Å². The number of pyridine rings is 1. The molecule has 0 saturated heterocycles. The van der Waals surface area contributed by atoms with Crippen LogP contribution in [-0.2, 0) is 0 Å². The molecule has 0 atom stereocenters. The second kappa shape index (κ2) is 4.22. The molecule has 0 aliphatic heterocycles. The van der Waals surface area contributed by atoms with E-state index >= 15 is 0 Å². The molecule has 1 aromatic heterocycles. The lowest BCUT2D eigenvalue weighted by atomic mass is 10.0. The second-order valence-electron chi connectivity index (χ2n) is 6.51. The summed E-state index contributed by atoms with van der Waals surface area (Å²) in [5.74, 6) is 0.434. The van der Waals surface area contributed by atoms with E-state index in [1.165, 1.54) is 0 Å². The number of rotatable bonds is 4. The van der Waals surface area contributed by atoms with Gasteiger partial charge in [0.05, 0.1) is 11.3 Å². The number of hydrogen-bond donors (Lipinski definition) is 2. The number of carboxylic acid groups (broad SMARTS) is 1. The molecule has 1 aliphatic carbocycles. The van der Waals surface area contributed by atoms with Crippen molar-refractivity contribution >= 4 is 11.8 Å². The van der Waals surface area contributed by atoms with Crippen molar-refractivity contribution < 1.29 is 9.90 Å². The highest BCUT2D eigenvalue weighted by molar-refractivity contribution is 5.89. The molecule has 0 radical (unpaired) electrons. The number of nitrogens with one attached hydrogen (secondary N) is 1. The monoisotopic (exact) mass is 262 g/mol. The average molecular weight is 262 g/mol. The van der Waals surface area contributed by atoms with Gasteiger partial charge in [0.2, 0.25) is 0 Å². The topological polar surface area (TPSA) is 62.2 Å². The van der Waals surface area contributed by atoms with Crippen LogP contribution in [-0.4, -0.2) is 22.6 Å². The fourth-order valence-electron chi connectivity index (χ4n) is 2.94. The third-order valence-corrected chi connectivity index (χ3v) is 5.12. The predicted octanol–water partition coefficient (Wildman–Crippen LogP) is 3.18. The molecule has 104 valence electrons. The molecule has 2 N–H and O–H groups in total. The van der Waals surface area contributed by atoms with Gasteiger partial charge in [0, 0.05) is 6.54 Å². The lowest BCUT2D eigenvalue weighted by molar-refractivity contribution is 0.0695. The summed E-state index contributed by atoms with van der Waals surface area (Å²) >= 11 is 0. The SMILES string of the molecule is Cc1nc(NCC2C(C)(C)C2(C)C)ccc1C(=O)O. The minimum Gasteiger partial charge on any atom is -0.478 e. The highest BCUT2D eigenvalue weighted by atomic mass is 16.4. The van der Waals surface area contributed by atoms with Crippen molar-refractivity contribution in [2.24, 2.45) is 16.7 Å². The Hall–Kier alpha value is -1.58. The number of aryl methyl sites for hydroxylation is 1. The molecule has 0 bridgehead atoms. The minimum absolute atomic E-state index is 0.262. The first-order chi connectivity index (χ1) is 8.68. The van der Waals surface area contributed by atoms with Gasteiger partial charge in [0.1, 0.15) is 5.82 Å².